The number of carbonyl (C=O) groups excluding carboxylic acids is 1. The van der Waals surface area contributed by atoms with E-state index in [1.165, 1.54) is 24.3 Å². The fourth-order valence-electron chi connectivity index (χ4n) is 1.07. The van der Waals surface area contributed by atoms with Gasteiger partial charge in [0.2, 0.25) is 0 Å². The molecule has 0 saturated heterocycles. The minimum atomic E-state index is -0.835. The number of nitrogens with zero attached hydrogens (tertiary/aromatic N) is 1. The van der Waals surface area contributed by atoms with Crippen LogP contribution in [0.2, 0.25) is 0 Å². The summed E-state index contributed by atoms with van der Waals surface area (Å²) in [7, 11) is 0. The third-order valence-electron chi connectivity index (χ3n) is 2.00. The van der Waals surface area contributed by atoms with Crippen LogP contribution in [0.1, 0.15) is 13.3 Å². The van der Waals surface area contributed by atoms with Crippen molar-refractivity contribution in [1.29, 1.82) is 0 Å². The lowest BCUT2D eigenvalue weighted by atomic mass is 10.3. The van der Waals surface area contributed by atoms with Gasteiger partial charge in [0, 0.05) is 17.4 Å². The van der Waals surface area contributed by atoms with Gasteiger partial charge in [-0.05, 0) is 18.6 Å². The van der Waals surface area contributed by atoms with Crippen LogP contribution in [0.4, 0.5) is 10.5 Å². The predicted octanol–water partition coefficient (Wildman–Crippen LogP) is 2.82. The molecule has 1 rings (SSSR count). The summed E-state index contributed by atoms with van der Waals surface area (Å²) in [4.78, 5) is 21.1. The van der Waals surface area contributed by atoms with Gasteiger partial charge in [-0.25, -0.2) is 4.79 Å². The second kappa shape index (κ2) is 6.85. The van der Waals surface area contributed by atoms with Gasteiger partial charge in [-0.15, -0.1) is 0 Å². The molecule has 0 N–H and O–H groups in total. The van der Waals surface area contributed by atoms with Gasteiger partial charge in [0.1, 0.15) is 5.75 Å². The summed E-state index contributed by atoms with van der Waals surface area (Å²) in [6, 6.07) is 5.16. The van der Waals surface area contributed by atoms with Gasteiger partial charge in [0.15, 0.2) is 0 Å². The van der Waals surface area contributed by atoms with Crippen molar-refractivity contribution >= 4 is 24.5 Å². The van der Waals surface area contributed by atoms with Gasteiger partial charge in [-0.3, -0.25) is 10.1 Å². The standard InChI is InChI=1S/C11H13NO5S/c1-8(18)6-7-16-11(13)17-10-4-2-9(3-5-10)12(14)15/h2-5,8,18H,6-7H2,1H3. The Balaban J connectivity index is 2.42. The molecule has 1 atom stereocenters. The van der Waals surface area contributed by atoms with E-state index in [1.807, 2.05) is 6.92 Å². The molecule has 1 aromatic carbocycles. The quantitative estimate of drug-likeness (QED) is 0.293. The summed E-state index contributed by atoms with van der Waals surface area (Å²) in [5, 5.41) is 10.5. The van der Waals surface area contributed by atoms with Gasteiger partial charge < -0.3 is 9.47 Å². The number of non-ortho nitro benzene ring substituents is 1. The van der Waals surface area contributed by atoms with Crippen LogP contribution in [0, 0.1) is 10.1 Å². The van der Waals surface area contributed by atoms with E-state index < -0.39 is 11.1 Å². The average molecular weight is 271 g/mol. The molecule has 0 amide bonds. The van der Waals surface area contributed by atoms with Crippen LogP contribution in [-0.2, 0) is 4.74 Å². The highest BCUT2D eigenvalue weighted by Crippen LogP contribution is 2.17. The number of carbonyl (C=O) groups is 1. The smallest absolute Gasteiger partial charge is 0.434 e. The largest absolute Gasteiger partial charge is 0.513 e. The molecule has 0 aromatic heterocycles. The lowest BCUT2D eigenvalue weighted by Crippen LogP contribution is -2.13. The molecule has 0 aliphatic heterocycles. The predicted molar refractivity (Wildman–Crippen MR) is 68.1 cm³/mol. The van der Waals surface area contributed by atoms with Crippen molar-refractivity contribution in [1.82, 2.24) is 0 Å². The Labute approximate surface area is 109 Å². The fourth-order valence-corrected chi connectivity index (χ4v) is 1.18. The highest BCUT2D eigenvalue weighted by molar-refractivity contribution is 7.80. The molecule has 6 nitrogen and oxygen atoms in total. The first kappa shape index (κ1) is 14.3. The molecule has 0 heterocycles. The molecule has 0 fully saturated rings. The number of ether oxygens (including phenoxy) is 2. The highest BCUT2D eigenvalue weighted by atomic mass is 32.1. The lowest BCUT2D eigenvalue weighted by molar-refractivity contribution is -0.384. The van der Waals surface area contributed by atoms with Crippen molar-refractivity contribution in [2.24, 2.45) is 0 Å². The van der Waals surface area contributed by atoms with E-state index in [0.717, 1.165) is 0 Å². The van der Waals surface area contributed by atoms with E-state index in [1.54, 1.807) is 0 Å². The monoisotopic (exact) mass is 271 g/mol. The number of rotatable bonds is 5. The van der Waals surface area contributed by atoms with E-state index in [-0.39, 0.29) is 23.3 Å². The minimum absolute atomic E-state index is 0.0698. The molecule has 1 unspecified atom stereocenters. The average Bonchev–Trinajstić information content (AvgIpc) is 2.29. The summed E-state index contributed by atoms with van der Waals surface area (Å²) in [5.41, 5.74) is -0.0698. The van der Waals surface area contributed by atoms with Gasteiger partial charge in [0.05, 0.1) is 11.5 Å². The molecular weight excluding hydrogens is 258 g/mol. The lowest BCUT2D eigenvalue weighted by Gasteiger charge is -2.06. The maximum Gasteiger partial charge on any atom is 0.513 e. The van der Waals surface area contributed by atoms with Gasteiger partial charge in [-0.1, -0.05) is 6.92 Å². The van der Waals surface area contributed by atoms with Gasteiger partial charge in [-0.2, -0.15) is 12.6 Å². The van der Waals surface area contributed by atoms with Crippen LogP contribution in [0.25, 0.3) is 0 Å². The molecule has 0 radical (unpaired) electrons. The summed E-state index contributed by atoms with van der Waals surface area (Å²) < 4.78 is 9.61. The Morgan fingerprint density at radius 2 is 2.06 bits per heavy atom. The number of nitro groups is 1. The first-order valence-electron chi connectivity index (χ1n) is 5.26. The third kappa shape index (κ3) is 5.05. The summed E-state index contributed by atoms with van der Waals surface area (Å²) >= 11 is 4.13. The van der Waals surface area contributed by atoms with Crippen molar-refractivity contribution in [2.75, 3.05) is 6.61 Å². The van der Waals surface area contributed by atoms with E-state index in [9.17, 15) is 14.9 Å². The normalized spacial score (nSPS) is 11.7. The molecule has 0 bridgehead atoms. The maximum absolute atomic E-state index is 11.2. The van der Waals surface area contributed by atoms with Gasteiger partial charge >= 0.3 is 6.16 Å². The molecule has 1 aromatic rings. The zero-order chi connectivity index (χ0) is 13.5. The summed E-state index contributed by atoms with van der Waals surface area (Å²) in [5.74, 6) is 0.199. The van der Waals surface area contributed by atoms with Crippen molar-refractivity contribution in [3.05, 3.63) is 34.4 Å². The first-order valence-corrected chi connectivity index (χ1v) is 5.78. The Hall–Kier alpha value is -1.76. The SMILES string of the molecule is CC(S)CCOC(=O)Oc1ccc([N+](=O)[O-])cc1. The Morgan fingerprint density at radius 3 is 2.56 bits per heavy atom. The third-order valence-corrected chi connectivity index (χ3v) is 2.26. The van der Waals surface area contributed by atoms with E-state index in [2.05, 4.69) is 12.6 Å². The summed E-state index contributed by atoms with van der Waals surface area (Å²) in [6.07, 6.45) is -0.212. The number of nitro benzene ring substituents is 1. The van der Waals surface area contributed by atoms with Crippen LogP contribution < -0.4 is 4.74 Å². The number of thiol groups is 1. The zero-order valence-corrected chi connectivity index (χ0v) is 10.6. The number of benzene rings is 1. The molecule has 98 valence electrons. The van der Waals surface area contributed by atoms with Crippen molar-refractivity contribution < 1.29 is 19.2 Å². The second-order valence-corrected chi connectivity index (χ2v) is 4.47. The Morgan fingerprint density at radius 1 is 1.44 bits per heavy atom. The summed E-state index contributed by atoms with van der Waals surface area (Å²) in [6.45, 7) is 2.10. The number of hydrogen-bond donors (Lipinski definition) is 1. The molecule has 0 aliphatic rings. The van der Waals surface area contributed by atoms with Crippen molar-refractivity contribution in [3.63, 3.8) is 0 Å². The molecule has 0 aliphatic carbocycles. The van der Waals surface area contributed by atoms with Crippen molar-refractivity contribution in [2.45, 2.75) is 18.6 Å². The Kier molecular flexibility index (Phi) is 5.44. The van der Waals surface area contributed by atoms with E-state index in [0.29, 0.717) is 6.42 Å². The van der Waals surface area contributed by atoms with Crippen LogP contribution >= 0.6 is 12.6 Å². The Bertz CT molecular complexity index is 418. The van der Waals surface area contributed by atoms with Crippen LogP contribution in [0.3, 0.4) is 0 Å². The molecule has 18 heavy (non-hydrogen) atoms. The topological polar surface area (TPSA) is 78.7 Å². The highest BCUT2D eigenvalue weighted by Gasteiger charge is 2.09. The first-order chi connectivity index (χ1) is 8.49. The van der Waals surface area contributed by atoms with Gasteiger partial charge in [0.25, 0.3) is 5.69 Å². The van der Waals surface area contributed by atoms with Crippen LogP contribution in [-0.4, -0.2) is 22.9 Å². The molecule has 0 saturated carbocycles. The van der Waals surface area contributed by atoms with Crippen molar-refractivity contribution in [3.8, 4) is 5.75 Å². The van der Waals surface area contributed by atoms with Crippen LogP contribution in [0.15, 0.2) is 24.3 Å². The zero-order valence-electron chi connectivity index (χ0n) is 9.74. The minimum Gasteiger partial charge on any atom is -0.434 e. The van der Waals surface area contributed by atoms with E-state index >= 15 is 0 Å². The molecule has 7 heteroatoms. The second-order valence-electron chi connectivity index (χ2n) is 3.59. The van der Waals surface area contributed by atoms with E-state index in [4.69, 9.17) is 9.47 Å². The van der Waals surface area contributed by atoms with Crippen LogP contribution in [0.5, 0.6) is 5.75 Å². The molecular formula is C11H13NO5S. The fraction of sp³-hybridized carbons (Fsp3) is 0.364. The maximum atomic E-state index is 11.2. The molecule has 0 spiro atoms. The number of hydrogen-bond acceptors (Lipinski definition) is 6.